The number of nitrogens with one attached hydrogen (secondary N) is 1. The summed E-state index contributed by atoms with van der Waals surface area (Å²) in [6, 6.07) is 13.1. The Hall–Kier alpha value is -3.85. The number of anilines is 1. The molecule has 4 aromatic rings. The van der Waals surface area contributed by atoms with Crippen molar-refractivity contribution < 1.29 is 19.0 Å². The molecule has 0 atom stereocenters. The number of ether oxygens (including phenoxy) is 3. The largest absolute Gasteiger partial charge is 0.497 e. The van der Waals surface area contributed by atoms with Crippen molar-refractivity contribution in [2.45, 2.75) is 0 Å². The molecule has 0 aliphatic heterocycles. The molecule has 8 nitrogen and oxygen atoms in total. The molecular weight excluding hydrogens is 416 g/mol. The van der Waals surface area contributed by atoms with Crippen molar-refractivity contribution in [2.24, 2.45) is 0 Å². The molecule has 1 N–H and O–H groups in total. The summed E-state index contributed by atoms with van der Waals surface area (Å²) in [5.41, 5.74) is 2.61. The fourth-order valence-electron chi connectivity index (χ4n) is 3.00. The number of aromatic nitrogens is 3. The number of thiazole rings is 1. The first-order valence-corrected chi connectivity index (χ1v) is 10.2. The number of fused-ring (bicyclic) bond motifs is 1. The van der Waals surface area contributed by atoms with Crippen LogP contribution in [0.5, 0.6) is 17.2 Å². The van der Waals surface area contributed by atoms with Gasteiger partial charge in [0.2, 0.25) is 4.96 Å². The molecule has 1 amide bonds. The predicted molar refractivity (Wildman–Crippen MR) is 120 cm³/mol. The zero-order chi connectivity index (χ0) is 21.8. The number of benzene rings is 2. The van der Waals surface area contributed by atoms with Gasteiger partial charge in [-0.25, -0.2) is 4.52 Å². The van der Waals surface area contributed by atoms with Crippen LogP contribution in [0.25, 0.3) is 22.3 Å². The van der Waals surface area contributed by atoms with Crippen LogP contribution in [-0.2, 0) is 4.79 Å². The monoisotopic (exact) mass is 436 g/mol. The number of methoxy groups -OCH3 is 3. The van der Waals surface area contributed by atoms with Crippen LogP contribution in [-0.4, -0.2) is 41.8 Å². The minimum atomic E-state index is -0.337. The average molecular weight is 436 g/mol. The second-order valence-electron chi connectivity index (χ2n) is 6.42. The van der Waals surface area contributed by atoms with Crippen LogP contribution in [0, 0.1) is 0 Å². The minimum Gasteiger partial charge on any atom is -0.497 e. The smallest absolute Gasteiger partial charge is 0.250 e. The molecule has 31 heavy (non-hydrogen) atoms. The number of hydrogen-bond donors (Lipinski definition) is 1. The first-order chi connectivity index (χ1) is 15.1. The van der Waals surface area contributed by atoms with Crippen molar-refractivity contribution >= 4 is 34.2 Å². The maximum atomic E-state index is 12.3. The van der Waals surface area contributed by atoms with Crippen LogP contribution in [0.2, 0.25) is 0 Å². The fourth-order valence-corrected chi connectivity index (χ4v) is 3.83. The molecule has 0 unspecified atom stereocenters. The molecule has 2 aromatic heterocycles. The molecule has 0 aliphatic rings. The Labute approximate surface area is 182 Å². The van der Waals surface area contributed by atoms with Gasteiger partial charge in [0, 0.05) is 17.0 Å². The van der Waals surface area contributed by atoms with E-state index in [4.69, 9.17) is 14.2 Å². The van der Waals surface area contributed by atoms with Gasteiger partial charge in [-0.2, -0.15) is 4.98 Å². The van der Waals surface area contributed by atoms with Gasteiger partial charge in [0.25, 0.3) is 11.9 Å². The second kappa shape index (κ2) is 8.88. The quantitative estimate of drug-likeness (QED) is 0.438. The molecule has 0 saturated heterocycles. The lowest BCUT2D eigenvalue weighted by Crippen LogP contribution is -2.09. The maximum Gasteiger partial charge on any atom is 0.250 e. The van der Waals surface area contributed by atoms with Crippen LogP contribution in [0.1, 0.15) is 5.56 Å². The number of rotatable bonds is 7. The van der Waals surface area contributed by atoms with E-state index in [9.17, 15) is 4.79 Å². The van der Waals surface area contributed by atoms with Crippen LogP contribution < -0.4 is 19.5 Å². The summed E-state index contributed by atoms with van der Waals surface area (Å²) >= 11 is 1.44. The van der Waals surface area contributed by atoms with Gasteiger partial charge in [0.05, 0.1) is 27.0 Å². The maximum absolute atomic E-state index is 12.3. The number of nitrogens with zero attached hydrogens (tertiary/aromatic N) is 3. The Kier molecular flexibility index (Phi) is 5.85. The van der Waals surface area contributed by atoms with Crippen molar-refractivity contribution in [3.05, 3.63) is 59.5 Å². The summed E-state index contributed by atoms with van der Waals surface area (Å²) < 4.78 is 17.5. The molecule has 0 bridgehead atoms. The van der Waals surface area contributed by atoms with Crippen molar-refractivity contribution in [2.75, 3.05) is 26.6 Å². The molecule has 0 fully saturated rings. The van der Waals surface area contributed by atoms with Crippen molar-refractivity contribution in [3.8, 4) is 28.5 Å². The fraction of sp³-hybridized carbons (Fsp3) is 0.136. The van der Waals surface area contributed by atoms with Crippen LogP contribution in [0.3, 0.4) is 0 Å². The Morgan fingerprint density at radius 2 is 1.90 bits per heavy atom. The number of amides is 1. The van der Waals surface area contributed by atoms with Crippen LogP contribution in [0.15, 0.2) is 53.9 Å². The molecule has 0 saturated carbocycles. The Morgan fingerprint density at radius 1 is 1.06 bits per heavy atom. The molecule has 0 aliphatic carbocycles. The summed E-state index contributed by atoms with van der Waals surface area (Å²) in [5.74, 6) is 1.86. The van der Waals surface area contributed by atoms with Gasteiger partial charge in [-0.05, 0) is 35.9 Å². The van der Waals surface area contributed by atoms with Gasteiger partial charge in [-0.15, -0.1) is 16.4 Å². The number of carbonyl (C=O) groups is 1. The standard InChI is InChI=1S/C22H20N4O4S/c1-28-16-6-4-5-15(12-16)17-13-31-22-24-21(25-26(17)22)23-20(27)10-8-14-7-9-18(29-2)19(11-14)30-3/h4-13H,1-3H3,(H,23,25,27)/b10-8+. The summed E-state index contributed by atoms with van der Waals surface area (Å²) in [6.07, 6.45) is 3.09. The SMILES string of the molecule is COc1cccc(-c2csc3nc(NC(=O)/C=C/c4ccc(OC)c(OC)c4)nn23)c1. The zero-order valence-corrected chi connectivity index (χ0v) is 18.0. The highest BCUT2D eigenvalue weighted by Gasteiger charge is 2.13. The van der Waals surface area contributed by atoms with E-state index in [1.165, 1.54) is 17.4 Å². The molecule has 0 spiro atoms. The van der Waals surface area contributed by atoms with Crippen molar-refractivity contribution in [3.63, 3.8) is 0 Å². The third kappa shape index (κ3) is 4.36. The van der Waals surface area contributed by atoms with Crippen molar-refractivity contribution in [1.29, 1.82) is 0 Å². The molecule has 2 heterocycles. The Balaban J connectivity index is 1.50. The van der Waals surface area contributed by atoms with Crippen LogP contribution >= 0.6 is 11.3 Å². The Morgan fingerprint density at radius 3 is 2.68 bits per heavy atom. The van der Waals surface area contributed by atoms with E-state index in [0.29, 0.717) is 16.5 Å². The first-order valence-electron chi connectivity index (χ1n) is 9.31. The molecule has 158 valence electrons. The van der Waals surface area contributed by atoms with Crippen LogP contribution in [0.4, 0.5) is 5.95 Å². The summed E-state index contributed by atoms with van der Waals surface area (Å²) in [7, 11) is 4.76. The van der Waals surface area contributed by atoms with Gasteiger partial charge < -0.3 is 14.2 Å². The van der Waals surface area contributed by atoms with E-state index >= 15 is 0 Å². The highest BCUT2D eigenvalue weighted by Crippen LogP contribution is 2.29. The molecule has 9 heteroatoms. The summed E-state index contributed by atoms with van der Waals surface area (Å²) in [5, 5.41) is 9.08. The third-order valence-corrected chi connectivity index (χ3v) is 5.33. The highest BCUT2D eigenvalue weighted by atomic mass is 32.1. The van der Waals surface area contributed by atoms with E-state index in [1.54, 1.807) is 44.1 Å². The van der Waals surface area contributed by atoms with Gasteiger partial charge in [-0.1, -0.05) is 18.2 Å². The second-order valence-corrected chi connectivity index (χ2v) is 7.26. The Bertz CT molecular complexity index is 1260. The highest BCUT2D eigenvalue weighted by molar-refractivity contribution is 7.15. The summed E-state index contributed by atoms with van der Waals surface area (Å²) in [6.45, 7) is 0. The molecular formula is C22H20N4O4S. The lowest BCUT2D eigenvalue weighted by atomic mass is 10.2. The van der Waals surface area contributed by atoms with E-state index in [2.05, 4.69) is 15.4 Å². The number of hydrogen-bond acceptors (Lipinski definition) is 7. The van der Waals surface area contributed by atoms with E-state index in [-0.39, 0.29) is 11.9 Å². The van der Waals surface area contributed by atoms with E-state index in [0.717, 1.165) is 22.6 Å². The van der Waals surface area contributed by atoms with Gasteiger partial charge in [0.15, 0.2) is 11.5 Å². The summed E-state index contributed by atoms with van der Waals surface area (Å²) in [4.78, 5) is 17.4. The normalized spacial score (nSPS) is 11.1. The predicted octanol–water partition coefficient (Wildman–Crippen LogP) is 4.14. The molecule has 0 radical (unpaired) electrons. The minimum absolute atomic E-state index is 0.234. The third-order valence-electron chi connectivity index (χ3n) is 4.52. The lowest BCUT2D eigenvalue weighted by molar-refractivity contribution is -0.111. The first kappa shape index (κ1) is 20.4. The topological polar surface area (TPSA) is 87.0 Å². The van der Waals surface area contributed by atoms with Crippen molar-refractivity contribution in [1.82, 2.24) is 14.6 Å². The van der Waals surface area contributed by atoms with E-state index in [1.807, 2.05) is 35.7 Å². The van der Waals surface area contributed by atoms with Gasteiger partial charge in [0.1, 0.15) is 5.75 Å². The molecule has 4 rings (SSSR count). The van der Waals surface area contributed by atoms with E-state index < -0.39 is 0 Å². The van der Waals surface area contributed by atoms with Gasteiger partial charge >= 0.3 is 0 Å². The molecule has 2 aromatic carbocycles. The lowest BCUT2D eigenvalue weighted by Gasteiger charge is -2.07. The number of carbonyl (C=O) groups excluding carboxylic acids is 1. The zero-order valence-electron chi connectivity index (χ0n) is 17.2. The van der Waals surface area contributed by atoms with Gasteiger partial charge in [-0.3, -0.25) is 10.1 Å². The average Bonchev–Trinajstić information content (AvgIpc) is 3.37.